The van der Waals surface area contributed by atoms with Gasteiger partial charge in [-0.05, 0) is 70.8 Å². The Labute approximate surface area is 151 Å². The first-order chi connectivity index (χ1) is 11.8. The summed E-state index contributed by atoms with van der Waals surface area (Å²) in [6.45, 7) is 11.6. The fourth-order valence-electron chi connectivity index (χ4n) is 3.63. The van der Waals surface area contributed by atoms with E-state index in [1.54, 1.807) is 12.1 Å². The summed E-state index contributed by atoms with van der Waals surface area (Å²) in [7, 11) is 0. The van der Waals surface area contributed by atoms with Crippen molar-refractivity contribution in [3.8, 4) is 11.5 Å². The standard InChI is InChI=1S/C22H31NO2/c1-15(2)23(16(3)4)12-11-20(18-9-7-6-8-10-18)21-14-19(24)13-17(5)22(21)25/h6-10,13-16,20,24-25H,11-12H2,1-5H3/t20-/m1/s1. The number of benzene rings is 2. The van der Waals surface area contributed by atoms with E-state index < -0.39 is 0 Å². The van der Waals surface area contributed by atoms with Crippen molar-refractivity contribution in [2.24, 2.45) is 0 Å². The summed E-state index contributed by atoms with van der Waals surface area (Å²) < 4.78 is 0. The highest BCUT2D eigenvalue weighted by Crippen LogP contribution is 2.38. The molecule has 3 nitrogen and oxygen atoms in total. The van der Waals surface area contributed by atoms with Crippen LogP contribution in [0.5, 0.6) is 11.5 Å². The molecule has 0 radical (unpaired) electrons. The maximum atomic E-state index is 10.6. The van der Waals surface area contributed by atoms with Gasteiger partial charge in [0.15, 0.2) is 0 Å². The number of nitrogens with zero attached hydrogens (tertiary/aromatic N) is 1. The molecule has 0 amide bonds. The Kier molecular flexibility index (Phi) is 6.49. The van der Waals surface area contributed by atoms with Crippen molar-refractivity contribution in [3.63, 3.8) is 0 Å². The van der Waals surface area contributed by atoms with E-state index in [0.717, 1.165) is 24.1 Å². The van der Waals surface area contributed by atoms with Crippen molar-refractivity contribution < 1.29 is 10.2 Å². The Hall–Kier alpha value is -2.00. The fraction of sp³-hybridized carbons (Fsp3) is 0.455. The summed E-state index contributed by atoms with van der Waals surface area (Å²) in [5.74, 6) is 0.537. The molecule has 0 bridgehead atoms. The Morgan fingerprint density at radius 1 is 0.920 bits per heavy atom. The third-order valence-corrected chi connectivity index (χ3v) is 4.89. The second kappa shape index (κ2) is 8.39. The minimum absolute atomic E-state index is 0.0481. The number of phenolic OH excluding ortho intramolecular Hbond substituents is 2. The topological polar surface area (TPSA) is 43.7 Å². The smallest absolute Gasteiger partial charge is 0.122 e. The van der Waals surface area contributed by atoms with Gasteiger partial charge in [0.05, 0.1) is 0 Å². The summed E-state index contributed by atoms with van der Waals surface area (Å²) in [4.78, 5) is 2.46. The van der Waals surface area contributed by atoms with Gasteiger partial charge >= 0.3 is 0 Å². The van der Waals surface area contributed by atoms with Crippen LogP contribution >= 0.6 is 0 Å². The average molecular weight is 341 g/mol. The number of aryl methyl sites for hydroxylation is 1. The van der Waals surface area contributed by atoms with Crippen LogP contribution in [0.25, 0.3) is 0 Å². The number of rotatable bonds is 7. The van der Waals surface area contributed by atoms with Gasteiger partial charge in [0.2, 0.25) is 0 Å². The molecule has 0 saturated heterocycles. The first kappa shape index (κ1) is 19.3. The van der Waals surface area contributed by atoms with Gasteiger partial charge < -0.3 is 10.2 Å². The molecule has 2 N–H and O–H groups in total. The van der Waals surface area contributed by atoms with Crippen LogP contribution in [0.15, 0.2) is 42.5 Å². The predicted octanol–water partition coefficient (Wildman–Crippen LogP) is 5.05. The van der Waals surface area contributed by atoms with E-state index in [-0.39, 0.29) is 17.4 Å². The van der Waals surface area contributed by atoms with Gasteiger partial charge in [-0.2, -0.15) is 0 Å². The highest BCUT2D eigenvalue weighted by atomic mass is 16.3. The molecule has 136 valence electrons. The van der Waals surface area contributed by atoms with Gasteiger partial charge in [-0.15, -0.1) is 0 Å². The Morgan fingerprint density at radius 3 is 2.08 bits per heavy atom. The lowest BCUT2D eigenvalue weighted by atomic mass is 9.86. The lowest BCUT2D eigenvalue weighted by Crippen LogP contribution is -2.38. The molecule has 2 aromatic carbocycles. The number of aromatic hydroxyl groups is 2. The molecule has 3 heteroatoms. The molecule has 0 unspecified atom stereocenters. The molecule has 1 atom stereocenters. The van der Waals surface area contributed by atoms with E-state index in [0.29, 0.717) is 17.6 Å². The quantitative estimate of drug-likeness (QED) is 0.693. The van der Waals surface area contributed by atoms with E-state index in [1.807, 2.05) is 25.1 Å². The average Bonchev–Trinajstić information content (AvgIpc) is 2.55. The third kappa shape index (κ3) is 4.76. The summed E-state index contributed by atoms with van der Waals surface area (Å²) in [5.41, 5.74) is 2.67. The molecule has 0 aliphatic rings. The van der Waals surface area contributed by atoms with Crippen molar-refractivity contribution in [2.45, 2.75) is 59.0 Å². The normalized spacial score (nSPS) is 13.0. The van der Waals surface area contributed by atoms with Crippen LogP contribution in [0.2, 0.25) is 0 Å². The second-order valence-corrected chi connectivity index (χ2v) is 7.38. The summed E-state index contributed by atoms with van der Waals surface area (Å²) in [6, 6.07) is 14.5. The molecule has 2 aromatic rings. The first-order valence-corrected chi connectivity index (χ1v) is 9.14. The van der Waals surface area contributed by atoms with E-state index in [4.69, 9.17) is 0 Å². The summed E-state index contributed by atoms with van der Waals surface area (Å²) in [6.07, 6.45) is 0.886. The molecule has 0 aromatic heterocycles. The van der Waals surface area contributed by atoms with Gasteiger partial charge in [-0.25, -0.2) is 0 Å². The molecule has 0 aliphatic carbocycles. The van der Waals surface area contributed by atoms with Crippen LogP contribution in [0.3, 0.4) is 0 Å². The zero-order chi connectivity index (χ0) is 18.6. The van der Waals surface area contributed by atoms with Crippen LogP contribution in [-0.4, -0.2) is 33.7 Å². The molecule has 0 aliphatic heterocycles. The van der Waals surface area contributed by atoms with Crippen LogP contribution in [0, 0.1) is 6.92 Å². The van der Waals surface area contributed by atoms with Crippen molar-refractivity contribution in [1.82, 2.24) is 4.90 Å². The summed E-state index contributed by atoms with van der Waals surface area (Å²) in [5, 5.41) is 20.7. The molecular formula is C22H31NO2. The first-order valence-electron chi connectivity index (χ1n) is 9.14. The zero-order valence-electron chi connectivity index (χ0n) is 16.0. The highest BCUT2D eigenvalue weighted by Gasteiger charge is 2.22. The van der Waals surface area contributed by atoms with E-state index in [9.17, 15) is 10.2 Å². The molecule has 2 rings (SSSR count). The van der Waals surface area contributed by atoms with E-state index in [2.05, 4.69) is 44.7 Å². The van der Waals surface area contributed by atoms with Gasteiger partial charge in [0, 0.05) is 23.6 Å². The molecular weight excluding hydrogens is 310 g/mol. The molecule has 25 heavy (non-hydrogen) atoms. The maximum absolute atomic E-state index is 10.6. The Morgan fingerprint density at radius 2 is 1.52 bits per heavy atom. The van der Waals surface area contributed by atoms with Crippen molar-refractivity contribution in [3.05, 3.63) is 59.2 Å². The SMILES string of the molecule is Cc1cc(O)cc([C@H](CCN(C(C)C)C(C)C)c2ccccc2)c1O. The minimum atomic E-state index is 0.0481. The van der Waals surface area contributed by atoms with Gasteiger partial charge in [0.25, 0.3) is 0 Å². The van der Waals surface area contributed by atoms with Gasteiger partial charge in [0.1, 0.15) is 11.5 Å². The molecule has 0 fully saturated rings. The molecule has 0 saturated carbocycles. The van der Waals surface area contributed by atoms with Crippen LogP contribution in [0.4, 0.5) is 0 Å². The lowest BCUT2D eigenvalue weighted by Gasteiger charge is -2.32. The largest absolute Gasteiger partial charge is 0.508 e. The van der Waals surface area contributed by atoms with Crippen molar-refractivity contribution in [2.75, 3.05) is 6.54 Å². The monoisotopic (exact) mass is 341 g/mol. The maximum Gasteiger partial charge on any atom is 0.122 e. The minimum Gasteiger partial charge on any atom is -0.508 e. The number of hydrogen-bond donors (Lipinski definition) is 2. The second-order valence-electron chi connectivity index (χ2n) is 7.38. The van der Waals surface area contributed by atoms with E-state index in [1.165, 1.54) is 0 Å². The van der Waals surface area contributed by atoms with Gasteiger partial charge in [-0.3, -0.25) is 4.90 Å². The molecule has 0 spiro atoms. The number of phenols is 2. The van der Waals surface area contributed by atoms with Crippen molar-refractivity contribution in [1.29, 1.82) is 0 Å². The van der Waals surface area contributed by atoms with Crippen LogP contribution < -0.4 is 0 Å². The molecule has 0 heterocycles. The summed E-state index contributed by atoms with van der Waals surface area (Å²) >= 11 is 0. The van der Waals surface area contributed by atoms with E-state index >= 15 is 0 Å². The van der Waals surface area contributed by atoms with Gasteiger partial charge in [-0.1, -0.05) is 30.3 Å². The third-order valence-electron chi connectivity index (χ3n) is 4.89. The zero-order valence-corrected chi connectivity index (χ0v) is 16.0. The number of hydrogen-bond acceptors (Lipinski definition) is 3. The van der Waals surface area contributed by atoms with Crippen LogP contribution in [-0.2, 0) is 0 Å². The van der Waals surface area contributed by atoms with Crippen LogP contribution in [0.1, 0.15) is 56.7 Å². The predicted molar refractivity (Wildman–Crippen MR) is 104 cm³/mol. The lowest BCUT2D eigenvalue weighted by molar-refractivity contribution is 0.170. The van der Waals surface area contributed by atoms with Crippen molar-refractivity contribution >= 4 is 0 Å². The Balaban J connectivity index is 2.39. The highest BCUT2D eigenvalue weighted by molar-refractivity contribution is 5.49. The fourth-order valence-corrected chi connectivity index (χ4v) is 3.63. The Bertz CT molecular complexity index is 672.